The lowest BCUT2D eigenvalue weighted by Gasteiger charge is -2.12. The van der Waals surface area contributed by atoms with E-state index in [0.717, 1.165) is 6.54 Å². The lowest BCUT2D eigenvalue weighted by atomic mass is 10.2. The Bertz CT molecular complexity index is 358. The van der Waals surface area contributed by atoms with Crippen molar-refractivity contribution in [1.29, 1.82) is 0 Å². The van der Waals surface area contributed by atoms with E-state index in [1.54, 1.807) is 4.68 Å². The summed E-state index contributed by atoms with van der Waals surface area (Å²) in [7, 11) is 0. The van der Waals surface area contributed by atoms with E-state index in [1.165, 1.54) is 6.33 Å². The van der Waals surface area contributed by atoms with Gasteiger partial charge in [-0.05, 0) is 12.3 Å². The third-order valence-corrected chi connectivity index (χ3v) is 2.49. The highest BCUT2D eigenvalue weighted by atomic mass is 19.3. The third kappa shape index (κ3) is 6.58. The van der Waals surface area contributed by atoms with E-state index in [4.69, 9.17) is 4.74 Å². The van der Waals surface area contributed by atoms with Gasteiger partial charge >= 0.3 is 0 Å². The quantitative estimate of drug-likeness (QED) is 0.695. The number of ether oxygens (including phenoxy) is 1. The number of aliphatic hydroxyl groups is 1. The van der Waals surface area contributed by atoms with Gasteiger partial charge in [-0.1, -0.05) is 13.8 Å². The van der Waals surface area contributed by atoms with Crippen LogP contribution in [0.2, 0.25) is 0 Å². The molecule has 1 aromatic heterocycles. The molecule has 19 heavy (non-hydrogen) atoms. The van der Waals surface area contributed by atoms with Crippen LogP contribution in [0.4, 0.5) is 8.78 Å². The zero-order valence-electron chi connectivity index (χ0n) is 11.3. The van der Waals surface area contributed by atoms with Gasteiger partial charge in [0.2, 0.25) is 0 Å². The number of rotatable bonds is 9. The minimum absolute atomic E-state index is 0.115. The van der Waals surface area contributed by atoms with E-state index in [1.807, 2.05) is 0 Å². The smallest absolute Gasteiger partial charge is 0.261 e. The molecule has 110 valence electrons. The normalized spacial score (nSPS) is 13.4. The van der Waals surface area contributed by atoms with Gasteiger partial charge in [0.05, 0.1) is 6.10 Å². The van der Waals surface area contributed by atoms with Crippen LogP contribution in [0.3, 0.4) is 0 Å². The minimum Gasteiger partial charge on any atom is -0.393 e. The Morgan fingerprint density at radius 3 is 2.79 bits per heavy atom. The van der Waals surface area contributed by atoms with Crippen molar-refractivity contribution < 1.29 is 18.6 Å². The molecule has 1 heterocycles. The van der Waals surface area contributed by atoms with Crippen molar-refractivity contribution in [2.24, 2.45) is 5.92 Å². The first-order valence-electron chi connectivity index (χ1n) is 6.39. The van der Waals surface area contributed by atoms with Gasteiger partial charge in [-0.2, -0.15) is 5.10 Å². The van der Waals surface area contributed by atoms with E-state index >= 15 is 0 Å². The molecule has 1 unspecified atom stereocenters. The summed E-state index contributed by atoms with van der Waals surface area (Å²) in [5, 5.41) is 13.9. The SMILES string of the molecule is CC(C)Cn1ncnc1CC(O)CCOCC(F)F. The van der Waals surface area contributed by atoms with Gasteiger partial charge in [0, 0.05) is 19.6 Å². The second-order valence-electron chi connectivity index (χ2n) is 4.86. The molecule has 0 saturated carbocycles. The highest BCUT2D eigenvalue weighted by molar-refractivity contribution is 4.87. The van der Waals surface area contributed by atoms with Gasteiger partial charge in [0.15, 0.2) is 0 Å². The molecule has 0 bridgehead atoms. The maximum Gasteiger partial charge on any atom is 0.261 e. The van der Waals surface area contributed by atoms with Crippen LogP contribution < -0.4 is 0 Å². The average molecular weight is 277 g/mol. The second kappa shape index (κ2) is 8.16. The van der Waals surface area contributed by atoms with Crippen LogP contribution in [0.25, 0.3) is 0 Å². The second-order valence-corrected chi connectivity index (χ2v) is 4.86. The van der Waals surface area contributed by atoms with Crippen molar-refractivity contribution in [3.63, 3.8) is 0 Å². The van der Waals surface area contributed by atoms with E-state index in [-0.39, 0.29) is 6.61 Å². The minimum atomic E-state index is -2.47. The average Bonchev–Trinajstić information content (AvgIpc) is 2.71. The Hall–Kier alpha value is -1.08. The Morgan fingerprint density at radius 1 is 1.42 bits per heavy atom. The van der Waals surface area contributed by atoms with Crippen LogP contribution in [-0.4, -0.2) is 45.6 Å². The molecule has 1 rings (SSSR count). The molecule has 5 nitrogen and oxygen atoms in total. The fraction of sp³-hybridized carbons (Fsp3) is 0.833. The molecule has 0 aliphatic carbocycles. The number of halogens is 2. The van der Waals surface area contributed by atoms with Crippen molar-refractivity contribution in [3.8, 4) is 0 Å². The molecule has 0 aliphatic rings. The Balaban J connectivity index is 2.31. The first-order chi connectivity index (χ1) is 8.99. The van der Waals surface area contributed by atoms with Crippen LogP contribution in [0.5, 0.6) is 0 Å². The fourth-order valence-electron chi connectivity index (χ4n) is 1.65. The zero-order chi connectivity index (χ0) is 14.3. The maximum absolute atomic E-state index is 11.8. The van der Waals surface area contributed by atoms with Crippen LogP contribution >= 0.6 is 0 Å². The summed E-state index contributed by atoms with van der Waals surface area (Å²) in [4.78, 5) is 4.10. The highest BCUT2D eigenvalue weighted by Crippen LogP contribution is 2.06. The third-order valence-electron chi connectivity index (χ3n) is 2.49. The first-order valence-corrected chi connectivity index (χ1v) is 6.39. The predicted octanol–water partition coefficient (Wildman–Crippen LogP) is 1.51. The first kappa shape index (κ1) is 16.0. The maximum atomic E-state index is 11.8. The summed E-state index contributed by atoms with van der Waals surface area (Å²) in [6.45, 7) is 4.41. The molecule has 0 aromatic carbocycles. The largest absolute Gasteiger partial charge is 0.393 e. The highest BCUT2D eigenvalue weighted by Gasteiger charge is 2.12. The summed E-state index contributed by atoms with van der Waals surface area (Å²) >= 11 is 0. The van der Waals surface area contributed by atoms with E-state index in [0.29, 0.717) is 24.6 Å². The summed E-state index contributed by atoms with van der Waals surface area (Å²) < 4.78 is 30.1. The van der Waals surface area contributed by atoms with Crippen LogP contribution in [0.15, 0.2) is 6.33 Å². The molecule has 0 spiro atoms. The molecule has 0 radical (unpaired) electrons. The molecule has 0 amide bonds. The van der Waals surface area contributed by atoms with Gasteiger partial charge in [-0.25, -0.2) is 18.4 Å². The van der Waals surface area contributed by atoms with Crippen molar-refractivity contribution in [3.05, 3.63) is 12.2 Å². The van der Waals surface area contributed by atoms with Crippen molar-refractivity contribution >= 4 is 0 Å². The lowest BCUT2D eigenvalue weighted by Crippen LogP contribution is -2.19. The molecular weight excluding hydrogens is 256 g/mol. The van der Waals surface area contributed by atoms with Crippen molar-refractivity contribution in [2.45, 2.75) is 45.8 Å². The number of aromatic nitrogens is 3. The molecule has 1 N–H and O–H groups in total. The summed E-state index contributed by atoms with van der Waals surface area (Å²) in [6.07, 6.45) is -1.01. The van der Waals surface area contributed by atoms with E-state index in [2.05, 4.69) is 23.9 Å². The number of nitrogens with zero attached hydrogens (tertiary/aromatic N) is 3. The van der Waals surface area contributed by atoms with Gasteiger partial charge in [-0.3, -0.25) is 0 Å². The monoisotopic (exact) mass is 277 g/mol. The molecule has 0 saturated heterocycles. The van der Waals surface area contributed by atoms with E-state index in [9.17, 15) is 13.9 Å². The summed E-state index contributed by atoms with van der Waals surface area (Å²) in [5.41, 5.74) is 0. The Kier molecular flexibility index (Phi) is 6.86. The number of aliphatic hydroxyl groups excluding tert-OH is 1. The van der Waals surface area contributed by atoms with Crippen LogP contribution in [-0.2, 0) is 17.7 Å². The molecule has 1 atom stereocenters. The molecular formula is C12H21F2N3O2. The summed E-state index contributed by atoms with van der Waals surface area (Å²) in [6, 6.07) is 0. The Morgan fingerprint density at radius 2 is 2.16 bits per heavy atom. The van der Waals surface area contributed by atoms with Crippen molar-refractivity contribution in [2.75, 3.05) is 13.2 Å². The van der Waals surface area contributed by atoms with Crippen LogP contribution in [0, 0.1) is 5.92 Å². The number of hydrogen-bond acceptors (Lipinski definition) is 4. The fourth-order valence-corrected chi connectivity index (χ4v) is 1.65. The van der Waals surface area contributed by atoms with Gasteiger partial charge < -0.3 is 9.84 Å². The number of alkyl halides is 2. The molecule has 7 heteroatoms. The van der Waals surface area contributed by atoms with Gasteiger partial charge in [0.25, 0.3) is 6.43 Å². The van der Waals surface area contributed by atoms with Crippen LogP contribution in [0.1, 0.15) is 26.1 Å². The topological polar surface area (TPSA) is 60.2 Å². The molecule has 0 fully saturated rings. The molecule has 1 aromatic rings. The van der Waals surface area contributed by atoms with Crippen molar-refractivity contribution in [1.82, 2.24) is 14.8 Å². The molecule has 0 aliphatic heterocycles. The lowest BCUT2D eigenvalue weighted by molar-refractivity contribution is 0.00484. The Labute approximate surface area is 111 Å². The standard InChI is InChI=1S/C12H21F2N3O2/c1-9(2)6-17-12(15-8-16-17)5-10(18)3-4-19-7-11(13)14/h8-11,18H,3-7H2,1-2H3. The van der Waals surface area contributed by atoms with Gasteiger partial charge in [-0.15, -0.1) is 0 Å². The van der Waals surface area contributed by atoms with Gasteiger partial charge in [0.1, 0.15) is 18.8 Å². The number of hydrogen-bond donors (Lipinski definition) is 1. The predicted molar refractivity (Wildman–Crippen MR) is 66.0 cm³/mol. The van der Waals surface area contributed by atoms with E-state index < -0.39 is 19.1 Å². The summed E-state index contributed by atoms with van der Waals surface area (Å²) in [5.74, 6) is 1.14. The zero-order valence-corrected chi connectivity index (χ0v) is 11.3.